The topological polar surface area (TPSA) is 21.3 Å². The fourth-order valence-corrected chi connectivity index (χ4v) is 1.11. The number of terminal acetylenes is 1. The van der Waals surface area contributed by atoms with Crippen LogP contribution in [-0.4, -0.2) is 13.7 Å². The summed E-state index contributed by atoms with van der Waals surface area (Å²) in [6.07, 6.45) is 5.15. The number of methoxy groups -OCH3 is 1. The van der Waals surface area contributed by atoms with Crippen LogP contribution in [-0.2, 0) is 0 Å². The Balaban J connectivity index is 2.80. The van der Waals surface area contributed by atoms with Crippen LogP contribution in [0, 0.1) is 19.3 Å². The van der Waals surface area contributed by atoms with Gasteiger partial charge >= 0.3 is 0 Å². The van der Waals surface area contributed by atoms with Gasteiger partial charge in [-0.3, -0.25) is 0 Å². The zero-order valence-corrected chi connectivity index (χ0v) is 7.92. The van der Waals surface area contributed by atoms with Crippen LogP contribution >= 0.6 is 0 Å². The lowest BCUT2D eigenvalue weighted by Crippen LogP contribution is -2.00. The van der Waals surface area contributed by atoms with Crippen LogP contribution in [0.15, 0.2) is 18.2 Å². The van der Waals surface area contributed by atoms with Gasteiger partial charge in [-0.05, 0) is 30.7 Å². The lowest BCUT2D eigenvalue weighted by Gasteiger charge is -2.08. The molecular formula is C11H13NO. The Morgan fingerprint density at radius 3 is 2.85 bits per heavy atom. The molecule has 1 N–H and O–H groups in total. The number of ether oxygens (including phenoxy) is 1. The van der Waals surface area contributed by atoms with Gasteiger partial charge in [-0.25, -0.2) is 0 Å². The summed E-state index contributed by atoms with van der Waals surface area (Å²) < 4.78 is 5.09. The Bertz CT molecular complexity index is 325. The maximum absolute atomic E-state index is 5.15. The van der Waals surface area contributed by atoms with E-state index in [1.54, 1.807) is 7.11 Å². The van der Waals surface area contributed by atoms with Crippen molar-refractivity contribution < 1.29 is 4.74 Å². The number of anilines is 1. The molecule has 0 aliphatic heterocycles. The molecule has 1 aromatic carbocycles. The Hall–Kier alpha value is -1.62. The quantitative estimate of drug-likeness (QED) is 0.710. The van der Waals surface area contributed by atoms with Crippen LogP contribution in [0.3, 0.4) is 0 Å². The standard InChI is InChI=1S/C11H13NO/c1-4-7-12-11-6-5-10(13-3)8-9(11)2/h1,5-6,8,12H,7H2,2-3H3. The summed E-state index contributed by atoms with van der Waals surface area (Å²) in [5.41, 5.74) is 2.19. The average Bonchev–Trinajstić information content (AvgIpc) is 2.16. The zero-order chi connectivity index (χ0) is 9.68. The van der Waals surface area contributed by atoms with Crippen molar-refractivity contribution in [2.75, 3.05) is 19.0 Å². The molecule has 0 radical (unpaired) electrons. The van der Waals surface area contributed by atoms with Gasteiger partial charge < -0.3 is 10.1 Å². The van der Waals surface area contributed by atoms with E-state index in [9.17, 15) is 0 Å². The Morgan fingerprint density at radius 2 is 2.31 bits per heavy atom. The fourth-order valence-electron chi connectivity index (χ4n) is 1.11. The molecule has 0 spiro atoms. The molecule has 0 heterocycles. The van der Waals surface area contributed by atoms with E-state index >= 15 is 0 Å². The third kappa shape index (κ3) is 2.41. The van der Waals surface area contributed by atoms with Crippen molar-refractivity contribution in [1.82, 2.24) is 0 Å². The molecule has 2 nitrogen and oxygen atoms in total. The molecule has 68 valence electrons. The summed E-state index contributed by atoms with van der Waals surface area (Å²) in [7, 11) is 1.66. The molecule has 0 aliphatic carbocycles. The summed E-state index contributed by atoms with van der Waals surface area (Å²) in [6.45, 7) is 2.56. The maximum atomic E-state index is 5.15. The molecule has 0 bridgehead atoms. The van der Waals surface area contributed by atoms with E-state index in [-0.39, 0.29) is 0 Å². The highest BCUT2D eigenvalue weighted by molar-refractivity contribution is 5.54. The first-order valence-corrected chi connectivity index (χ1v) is 4.10. The van der Waals surface area contributed by atoms with Crippen molar-refractivity contribution in [2.45, 2.75) is 6.92 Å². The van der Waals surface area contributed by atoms with Crippen molar-refractivity contribution in [3.8, 4) is 18.1 Å². The van der Waals surface area contributed by atoms with Gasteiger partial charge in [-0.2, -0.15) is 0 Å². The van der Waals surface area contributed by atoms with Crippen LogP contribution in [0.4, 0.5) is 5.69 Å². The first-order valence-electron chi connectivity index (χ1n) is 4.10. The van der Waals surface area contributed by atoms with Gasteiger partial charge in [-0.15, -0.1) is 6.42 Å². The first kappa shape index (κ1) is 9.47. The largest absolute Gasteiger partial charge is 0.497 e. The number of hydrogen-bond acceptors (Lipinski definition) is 2. The minimum atomic E-state index is 0.549. The van der Waals surface area contributed by atoms with Crippen LogP contribution in [0.25, 0.3) is 0 Å². The van der Waals surface area contributed by atoms with Crippen LogP contribution < -0.4 is 10.1 Å². The molecule has 0 amide bonds. The molecule has 0 saturated heterocycles. The van der Waals surface area contributed by atoms with Crippen molar-refractivity contribution in [3.05, 3.63) is 23.8 Å². The van der Waals surface area contributed by atoms with E-state index in [4.69, 9.17) is 11.2 Å². The molecule has 0 saturated carbocycles. The minimum Gasteiger partial charge on any atom is -0.497 e. The summed E-state index contributed by atoms with van der Waals surface area (Å²) in [5, 5.41) is 3.12. The number of rotatable bonds is 3. The summed E-state index contributed by atoms with van der Waals surface area (Å²) in [5.74, 6) is 3.39. The zero-order valence-electron chi connectivity index (χ0n) is 7.92. The van der Waals surface area contributed by atoms with E-state index < -0.39 is 0 Å². The van der Waals surface area contributed by atoms with Crippen LogP contribution in [0.2, 0.25) is 0 Å². The smallest absolute Gasteiger partial charge is 0.119 e. The lowest BCUT2D eigenvalue weighted by atomic mass is 10.2. The van der Waals surface area contributed by atoms with Crippen molar-refractivity contribution in [2.24, 2.45) is 0 Å². The van der Waals surface area contributed by atoms with E-state index in [1.807, 2.05) is 25.1 Å². The predicted molar refractivity (Wildman–Crippen MR) is 55.1 cm³/mol. The molecule has 0 aliphatic rings. The third-order valence-corrected chi connectivity index (χ3v) is 1.81. The Morgan fingerprint density at radius 1 is 1.54 bits per heavy atom. The molecule has 1 aromatic rings. The molecule has 2 heteroatoms. The molecule has 0 unspecified atom stereocenters. The normalized spacial score (nSPS) is 9.00. The molecule has 0 fully saturated rings. The third-order valence-electron chi connectivity index (χ3n) is 1.81. The van der Waals surface area contributed by atoms with Crippen LogP contribution in [0.5, 0.6) is 5.75 Å². The van der Waals surface area contributed by atoms with Gasteiger partial charge in [-0.1, -0.05) is 5.92 Å². The summed E-state index contributed by atoms with van der Waals surface area (Å²) in [6, 6.07) is 5.84. The summed E-state index contributed by atoms with van der Waals surface area (Å²) >= 11 is 0. The van der Waals surface area contributed by atoms with Gasteiger partial charge in [0.05, 0.1) is 13.7 Å². The summed E-state index contributed by atoms with van der Waals surface area (Å²) in [4.78, 5) is 0. The first-order chi connectivity index (χ1) is 6.27. The van der Waals surface area contributed by atoms with Gasteiger partial charge in [0.15, 0.2) is 0 Å². The number of hydrogen-bond donors (Lipinski definition) is 1. The highest BCUT2D eigenvalue weighted by Gasteiger charge is 1.97. The van der Waals surface area contributed by atoms with Crippen molar-refractivity contribution >= 4 is 5.69 Å². The number of nitrogens with one attached hydrogen (secondary N) is 1. The van der Waals surface area contributed by atoms with Crippen LogP contribution in [0.1, 0.15) is 5.56 Å². The lowest BCUT2D eigenvalue weighted by molar-refractivity contribution is 0.414. The minimum absolute atomic E-state index is 0.549. The molecule has 0 aromatic heterocycles. The van der Waals surface area contributed by atoms with E-state index in [2.05, 4.69) is 11.2 Å². The van der Waals surface area contributed by atoms with Gasteiger partial charge in [0, 0.05) is 5.69 Å². The Labute approximate surface area is 78.9 Å². The van der Waals surface area contributed by atoms with Gasteiger partial charge in [0.2, 0.25) is 0 Å². The van der Waals surface area contributed by atoms with Gasteiger partial charge in [0.25, 0.3) is 0 Å². The maximum Gasteiger partial charge on any atom is 0.119 e. The Kier molecular flexibility index (Phi) is 3.22. The molecule has 13 heavy (non-hydrogen) atoms. The predicted octanol–water partition coefficient (Wildman–Crippen LogP) is 2.05. The average molecular weight is 175 g/mol. The highest BCUT2D eigenvalue weighted by atomic mass is 16.5. The van der Waals surface area contributed by atoms with Crippen molar-refractivity contribution in [1.29, 1.82) is 0 Å². The molecule has 0 atom stereocenters. The van der Waals surface area contributed by atoms with E-state index in [1.165, 1.54) is 0 Å². The molecular weight excluding hydrogens is 162 g/mol. The second-order valence-electron chi connectivity index (χ2n) is 2.74. The fraction of sp³-hybridized carbons (Fsp3) is 0.273. The number of benzene rings is 1. The molecule has 1 rings (SSSR count). The van der Waals surface area contributed by atoms with E-state index in [0.29, 0.717) is 6.54 Å². The highest BCUT2D eigenvalue weighted by Crippen LogP contribution is 2.20. The number of aryl methyl sites for hydroxylation is 1. The van der Waals surface area contributed by atoms with E-state index in [0.717, 1.165) is 17.0 Å². The van der Waals surface area contributed by atoms with Crippen molar-refractivity contribution in [3.63, 3.8) is 0 Å². The SMILES string of the molecule is C#CCNc1ccc(OC)cc1C. The second-order valence-corrected chi connectivity index (χ2v) is 2.74. The van der Waals surface area contributed by atoms with Gasteiger partial charge in [0.1, 0.15) is 5.75 Å². The second kappa shape index (κ2) is 4.42. The monoisotopic (exact) mass is 175 g/mol.